The van der Waals surface area contributed by atoms with Gasteiger partial charge in [-0.25, -0.2) is 9.97 Å². The second kappa shape index (κ2) is 7.30. The van der Waals surface area contributed by atoms with Crippen molar-refractivity contribution in [3.05, 3.63) is 83.8 Å². The summed E-state index contributed by atoms with van der Waals surface area (Å²) in [5.41, 5.74) is 8.85. The molecule has 0 amide bonds. The summed E-state index contributed by atoms with van der Waals surface area (Å²) in [5.74, 6) is 3.83. The topological polar surface area (TPSA) is 55.0 Å². The molecule has 0 aliphatic heterocycles. The average Bonchev–Trinajstić information content (AvgIpc) is 2.62. The molecule has 118 valence electrons. The Morgan fingerprint density at radius 1 is 1.00 bits per heavy atom. The van der Waals surface area contributed by atoms with Crippen molar-refractivity contribution in [3.8, 4) is 12.3 Å². The maximum absolute atomic E-state index is 5.78. The monoisotopic (exact) mass is 314 g/mol. The van der Waals surface area contributed by atoms with E-state index in [4.69, 9.17) is 12.2 Å². The molecule has 0 bridgehead atoms. The zero-order chi connectivity index (χ0) is 16.8. The van der Waals surface area contributed by atoms with E-state index in [-0.39, 0.29) is 0 Å². The van der Waals surface area contributed by atoms with E-state index in [0.717, 1.165) is 17.8 Å². The molecule has 0 saturated carbocycles. The fourth-order valence-corrected chi connectivity index (χ4v) is 2.50. The van der Waals surface area contributed by atoms with Crippen LogP contribution in [0.4, 0.5) is 11.5 Å². The third-order valence-corrected chi connectivity index (χ3v) is 3.65. The number of nitrogens with zero attached hydrogens (tertiary/aromatic N) is 3. The average molecular weight is 314 g/mol. The summed E-state index contributed by atoms with van der Waals surface area (Å²) < 4.78 is 0. The van der Waals surface area contributed by atoms with Crippen LogP contribution in [0.5, 0.6) is 0 Å². The second-order valence-electron chi connectivity index (χ2n) is 5.43. The minimum absolute atomic E-state index is 0.469. The SMILES string of the molecule is C#Cc1cccc(N(Cc2ccccc2)Cc2nccc(N)n2)c1. The molecule has 0 unspecified atom stereocenters. The molecule has 0 spiro atoms. The highest BCUT2D eigenvalue weighted by atomic mass is 15.2. The van der Waals surface area contributed by atoms with Crippen LogP contribution in [0.2, 0.25) is 0 Å². The van der Waals surface area contributed by atoms with Crippen molar-refractivity contribution in [2.45, 2.75) is 13.1 Å². The van der Waals surface area contributed by atoms with Crippen LogP contribution < -0.4 is 10.6 Å². The van der Waals surface area contributed by atoms with Crippen LogP contribution in [-0.4, -0.2) is 9.97 Å². The first kappa shape index (κ1) is 15.6. The summed E-state index contributed by atoms with van der Waals surface area (Å²) in [6, 6.07) is 19.9. The fraction of sp³-hybridized carbons (Fsp3) is 0.100. The lowest BCUT2D eigenvalue weighted by molar-refractivity contribution is 0.757. The van der Waals surface area contributed by atoms with E-state index in [0.29, 0.717) is 18.2 Å². The molecular weight excluding hydrogens is 296 g/mol. The summed E-state index contributed by atoms with van der Waals surface area (Å²) in [5, 5.41) is 0. The molecule has 4 nitrogen and oxygen atoms in total. The first-order valence-electron chi connectivity index (χ1n) is 7.67. The summed E-state index contributed by atoms with van der Waals surface area (Å²) in [6.45, 7) is 1.28. The molecule has 0 fully saturated rings. The van der Waals surface area contributed by atoms with Crippen molar-refractivity contribution in [1.29, 1.82) is 0 Å². The zero-order valence-corrected chi connectivity index (χ0v) is 13.3. The van der Waals surface area contributed by atoms with Crippen molar-refractivity contribution in [3.63, 3.8) is 0 Å². The van der Waals surface area contributed by atoms with E-state index in [1.165, 1.54) is 5.56 Å². The first-order valence-corrected chi connectivity index (χ1v) is 7.67. The molecule has 0 aliphatic rings. The van der Waals surface area contributed by atoms with Gasteiger partial charge in [-0.2, -0.15) is 0 Å². The number of aromatic nitrogens is 2. The van der Waals surface area contributed by atoms with Crippen molar-refractivity contribution < 1.29 is 0 Å². The van der Waals surface area contributed by atoms with Gasteiger partial charge in [0, 0.05) is 24.0 Å². The van der Waals surface area contributed by atoms with Gasteiger partial charge in [0.25, 0.3) is 0 Å². The number of nitrogen functional groups attached to an aromatic ring is 1. The number of terminal acetylenes is 1. The van der Waals surface area contributed by atoms with Gasteiger partial charge in [-0.1, -0.05) is 42.3 Å². The molecule has 2 N–H and O–H groups in total. The molecule has 0 radical (unpaired) electrons. The molecule has 0 atom stereocenters. The molecule has 0 aliphatic carbocycles. The normalized spacial score (nSPS) is 10.1. The largest absolute Gasteiger partial charge is 0.384 e. The Morgan fingerprint density at radius 3 is 2.58 bits per heavy atom. The predicted octanol–water partition coefficient (Wildman–Crippen LogP) is 3.25. The lowest BCUT2D eigenvalue weighted by atomic mass is 10.1. The van der Waals surface area contributed by atoms with E-state index >= 15 is 0 Å². The lowest BCUT2D eigenvalue weighted by Gasteiger charge is -2.24. The van der Waals surface area contributed by atoms with Crippen LogP contribution in [0, 0.1) is 12.3 Å². The standard InChI is InChI=1S/C20H18N4/c1-2-16-9-6-10-18(13-16)24(14-17-7-4-3-5-8-17)15-20-22-12-11-19(21)23-20/h1,3-13H,14-15H2,(H2,21,22,23). The number of nitrogens with two attached hydrogens (primary N) is 1. The Balaban J connectivity index is 1.92. The van der Waals surface area contributed by atoms with E-state index in [9.17, 15) is 0 Å². The third kappa shape index (κ3) is 3.90. The van der Waals surface area contributed by atoms with Gasteiger partial charge < -0.3 is 10.6 Å². The lowest BCUT2D eigenvalue weighted by Crippen LogP contribution is -2.23. The van der Waals surface area contributed by atoms with Gasteiger partial charge in [-0.3, -0.25) is 0 Å². The number of rotatable bonds is 5. The molecule has 0 saturated heterocycles. The molecule has 4 heteroatoms. The van der Waals surface area contributed by atoms with E-state index < -0.39 is 0 Å². The summed E-state index contributed by atoms with van der Waals surface area (Å²) in [6.07, 6.45) is 7.21. The van der Waals surface area contributed by atoms with Crippen LogP contribution in [0.3, 0.4) is 0 Å². The van der Waals surface area contributed by atoms with Gasteiger partial charge in [0.1, 0.15) is 11.6 Å². The van der Waals surface area contributed by atoms with Crippen LogP contribution in [0.15, 0.2) is 66.9 Å². The number of anilines is 2. The summed E-state index contributed by atoms with van der Waals surface area (Å²) >= 11 is 0. The molecule has 1 heterocycles. The Hall–Kier alpha value is -3.32. The Bertz CT molecular complexity index is 853. The van der Waals surface area contributed by atoms with E-state index in [1.54, 1.807) is 12.3 Å². The molecule has 24 heavy (non-hydrogen) atoms. The van der Waals surface area contributed by atoms with Gasteiger partial charge in [0.15, 0.2) is 0 Å². The van der Waals surface area contributed by atoms with E-state index in [1.807, 2.05) is 42.5 Å². The summed E-state index contributed by atoms with van der Waals surface area (Å²) in [4.78, 5) is 10.8. The van der Waals surface area contributed by atoms with Gasteiger partial charge in [-0.05, 0) is 29.8 Å². The quantitative estimate of drug-likeness (QED) is 0.735. The number of hydrogen-bond donors (Lipinski definition) is 1. The Kier molecular flexibility index (Phi) is 4.73. The highest BCUT2D eigenvalue weighted by molar-refractivity contribution is 5.52. The molecular formula is C20H18N4. The number of benzene rings is 2. The van der Waals surface area contributed by atoms with Gasteiger partial charge >= 0.3 is 0 Å². The molecule has 2 aromatic carbocycles. The van der Waals surface area contributed by atoms with Crippen LogP contribution in [0.1, 0.15) is 17.0 Å². The maximum atomic E-state index is 5.78. The third-order valence-electron chi connectivity index (χ3n) is 3.65. The van der Waals surface area contributed by atoms with Crippen molar-refractivity contribution in [1.82, 2.24) is 9.97 Å². The van der Waals surface area contributed by atoms with Crippen molar-refractivity contribution in [2.75, 3.05) is 10.6 Å². The molecule has 3 aromatic rings. The maximum Gasteiger partial charge on any atom is 0.149 e. The van der Waals surface area contributed by atoms with Gasteiger partial charge in [-0.15, -0.1) is 6.42 Å². The smallest absolute Gasteiger partial charge is 0.149 e. The first-order chi connectivity index (χ1) is 11.7. The summed E-state index contributed by atoms with van der Waals surface area (Å²) in [7, 11) is 0. The second-order valence-corrected chi connectivity index (χ2v) is 5.43. The van der Waals surface area contributed by atoms with Crippen LogP contribution >= 0.6 is 0 Å². The van der Waals surface area contributed by atoms with Gasteiger partial charge in [0.05, 0.1) is 6.54 Å². The zero-order valence-electron chi connectivity index (χ0n) is 13.3. The predicted molar refractivity (Wildman–Crippen MR) is 97.2 cm³/mol. The minimum Gasteiger partial charge on any atom is -0.384 e. The fourth-order valence-electron chi connectivity index (χ4n) is 2.50. The number of hydrogen-bond acceptors (Lipinski definition) is 4. The minimum atomic E-state index is 0.469. The van der Waals surface area contributed by atoms with Gasteiger partial charge in [0.2, 0.25) is 0 Å². The molecule has 3 rings (SSSR count). The van der Waals surface area contributed by atoms with Crippen LogP contribution in [-0.2, 0) is 13.1 Å². The Morgan fingerprint density at radius 2 is 1.83 bits per heavy atom. The highest BCUT2D eigenvalue weighted by Crippen LogP contribution is 2.20. The van der Waals surface area contributed by atoms with Crippen LogP contribution in [0.25, 0.3) is 0 Å². The van der Waals surface area contributed by atoms with E-state index in [2.05, 4.69) is 32.9 Å². The van der Waals surface area contributed by atoms with Crippen molar-refractivity contribution in [2.24, 2.45) is 0 Å². The highest BCUT2D eigenvalue weighted by Gasteiger charge is 2.11. The molecule has 1 aromatic heterocycles. The Labute approximate surface area is 142 Å². The van der Waals surface area contributed by atoms with Crippen molar-refractivity contribution >= 4 is 11.5 Å².